The van der Waals surface area contributed by atoms with Gasteiger partial charge in [-0.3, -0.25) is 0 Å². The van der Waals surface area contributed by atoms with Crippen molar-refractivity contribution in [2.75, 3.05) is 0 Å². The summed E-state index contributed by atoms with van der Waals surface area (Å²) in [6.45, 7) is 1.95. The van der Waals surface area contributed by atoms with Gasteiger partial charge in [0.2, 0.25) is 0 Å². The fourth-order valence-electron chi connectivity index (χ4n) is 3.00. The smallest absolute Gasteiger partial charge is 0.134 e. The van der Waals surface area contributed by atoms with Gasteiger partial charge in [0.1, 0.15) is 11.6 Å². The molecule has 0 spiro atoms. The van der Waals surface area contributed by atoms with Gasteiger partial charge in [-0.1, -0.05) is 59.7 Å². The molecule has 25 heavy (non-hydrogen) atoms. The van der Waals surface area contributed by atoms with Gasteiger partial charge in [-0.2, -0.15) is 0 Å². The summed E-state index contributed by atoms with van der Waals surface area (Å²) in [5.74, 6) is -0.990. The van der Waals surface area contributed by atoms with Gasteiger partial charge < -0.3 is 0 Å². The monoisotopic (exact) mass is 352 g/mol. The third kappa shape index (κ3) is 4.23. The molecule has 0 saturated carbocycles. The second kappa shape index (κ2) is 7.75. The highest BCUT2D eigenvalue weighted by Gasteiger charge is 2.13. The maximum absolute atomic E-state index is 14.5. The molecule has 3 aromatic rings. The van der Waals surface area contributed by atoms with Crippen LogP contribution in [0, 0.1) is 18.6 Å². The Hall–Kier alpha value is -2.26. The first-order valence-electron chi connectivity index (χ1n) is 8.69. The van der Waals surface area contributed by atoms with E-state index in [1.807, 2.05) is 19.1 Å². The zero-order valence-electron chi connectivity index (χ0n) is 14.7. The van der Waals surface area contributed by atoms with Crippen molar-refractivity contribution in [2.45, 2.75) is 25.8 Å². The van der Waals surface area contributed by atoms with E-state index in [0.717, 1.165) is 28.3 Å². The molecule has 0 fully saturated rings. The Morgan fingerprint density at radius 1 is 0.720 bits per heavy atom. The summed E-state index contributed by atoms with van der Waals surface area (Å²) in [7, 11) is 1.16. The number of hydrogen-bond donors (Lipinski definition) is 0. The highest BCUT2D eigenvalue weighted by Crippen LogP contribution is 2.28. The Balaban J connectivity index is 1.78. The summed E-state index contributed by atoms with van der Waals surface area (Å²) >= 11 is 0. The third-order valence-corrected chi connectivity index (χ3v) is 5.39. The summed E-state index contributed by atoms with van der Waals surface area (Å²) in [6, 6.07) is 19.8. The van der Waals surface area contributed by atoms with Crippen molar-refractivity contribution in [1.29, 1.82) is 0 Å². The fraction of sp³-hybridized carbons (Fsp3) is 0.182. The molecule has 0 heterocycles. The fourth-order valence-corrected chi connectivity index (χ4v) is 3.47. The molecule has 3 heteroatoms. The molecule has 0 aliphatic carbocycles. The van der Waals surface area contributed by atoms with Crippen LogP contribution in [-0.4, -0.2) is 10.2 Å². The highest BCUT2D eigenvalue weighted by atomic mass is 28.1. The molecule has 0 N–H and O–H groups in total. The van der Waals surface area contributed by atoms with Crippen molar-refractivity contribution in [3.63, 3.8) is 0 Å². The average molecular weight is 352 g/mol. The van der Waals surface area contributed by atoms with E-state index in [9.17, 15) is 8.78 Å². The van der Waals surface area contributed by atoms with Gasteiger partial charge in [-0.15, -0.1) is 0 Å². The quantitative estimate of drug-likeness (QED) is 0.589. The lowest BCUT2D eigenvalue weighted by atomic mass is 9.98. The predicted octanol–water partition coefficient (Wildman–Crippen LogP) is 4.59. The van der Waals surface area contributed by atoms with E-state index >= 15 is 0 Å². The van der Waals surface area contributed by atoms with E-state index in [2.05, 4.69) is 24.3 Å². The molecule has 0 atom stereocenters. The van der Waals surface area contributed by atoms with Gasteiger partial charge in [-0.05, 0) is 54.6 Å². The number of aryl methyl sites for hydroxylation is 3. The van der Waals surface area contributed by atoms with Crippen LogP contribution in [-0.2, 0) is 18.9 Å². The number of benzene rings is 3. The second-order valence-electron chi connectivity index (χ2n) is 6.47. The molecular formula is C22H22F2Si. The molecule has 0 nitrogen and oxygen atoms in total. The van der Waals surface area contributed by atoms with Gasteiger partial charge in [0.05, 0.1) is 5.56 Å². The van der Waals surface area contributed by atoms with Crippen molar-refractivity contribution in [1.82, 2.24) is 0 Å². The van der Waals surface area contributed by atoms with Crippen LogP contribution >= 0.6 is 0 Å². The van der Waals surface area contributed by atoms with Crippen LogP contribution in [0.25, 0.3) is 11.1 Å². The van der Waals surface area contributed by atoms with Crippen molar-refractivity contribution in [3.05, 3.63) is 94.6 Å². The van der Waals surface area contributed by atoms with Gasteiger partial charge in [0, 0.05) is 10.2 Å². The summed E-state index contributed by atoms with van der Waals surface area (Å²) in [4.78, 5) is 0. The molecule has 0 aliphatic rings. The normalized spacial score (nSPS) is 11.0. The van der Waals surface area contributed by atoms with E-state index in [0.29, 0.717) is 17.5 Å². The molecule has 0 bridgehead atoms. The lowest BCUT2D eigenvalue weighted by Crippen LogP contribution is -1.97. The van der Waals surface area contributed by atoms with Crippen LogP contribution in [0.4, 0.5) is 8.78 Å². The van der Waals surface area contributed by atoms with Crippen LogP contribution in [0.15, 0.2) is 60.7 Å². The second-order valence-corrected chi connectivity index (χ2v) is 7.18. The van der Waals surface area contributed by atoms with E-state index in [-0.39, 0.29) is 5.56 Å². The van der Waals surface area contributed by atoms with E-state index in [4.69, 9.17) is 0 Å². The first-order chi connectivity index (χ1) is 12.1. The third-order valence-electron chi connectivity index (χ3n) is 4.58. The van der Waals surface area contributed by atoms with Gasteiger partial charge in [-0.25, -0.2) is 8.78 Å². The molecule has 0 saturated heterocycles. The Kier molecular flexibility index (Phi) is 5.44. The zero-order valence-corrected chi connectivity index (χ0v) is 16.7. The summed E-state index contributed by atoms with van der Waals surface area (Å²) in [5.41, 5.74) is 4.94. The lowest BCUT2D eigenvalue weighted by Gasteiger charge is -2.09. The van der Waals surface area contributed by atoms with Crippen molar-refractivity contribution in [3.8, 4) is 11.1 Å². The number of hydrogen-bond acceptors (Lipinski definition) is 0. The van der Waals surface area contributed by atoms with Gasteiger partial charge in [0.25, 0.3) is 0 Å². The molecule has 0 radical (unpaired) electrons. The largest absolute Gasteiger partial charge is 0.206 e. The SMILES string of the molecule is Cc1ccc(-c2c(F)cc(CCc3ccc(C[SiH3])cc3)cc2F)cc1. The Bertz CT molecular complexity index is 829. The van der Waals surface area contributed by atoms with Crippen LogP contribution in [0.5, 0.6) is 0 Å². The maximum Gasteiger partial charge on any atom is 0.134 e. The Morgan fingerprint density at radius 3 is 1.80 bits per heavy atom. The molecule has 3 rings (SSSR count). The minimum atomic E-state index is -0.495. The van der Waals surface area contributed by atoms with Gasteiger partial charge in [0.15, 0.2) is 0 Å². The average Bonchev–Trinajstić information content (AvgIpc) is 2.61. The van der Waals surface area contributed by atoms with Crippen molar-refractivity contribution in [2.24, 2.45) is 0 Å². The zero-order chi connectivity index (χ0) is 17.8. The Morgan fingerprint density at radius 2 is 1.24 bits per heavy atom. The molecule has 128 valence electrons. The lowest BCUT2D eigenvalue weighted by molar-refractivity contribution is 0.585. The standard InChI is InChI=1S/C22H22F2Si/c1-15-2-10-19(11-3-15)22-20(23)12-18(13-21(22)24)9-6-16-4-7-17(14-25)8-5-16/h2-5,7-8,10-13H,6,9,14H2,1,25H3. The minimum Gasteiger partial charge on any atom is -0.206 e. The molecule has 0 aromatic heterocycles. The van der Waals surface area contributed by atoms with Crippen LogP contribution in [0.1, 0.15) is 22.3 Å². The number of rotatable bonds is 5. The highest BCUT2D eigenvalue weighted by molar-refractivity contribution is 6.08. The predicted molar refractivity (Wildman–Crippen MR) is 104 cm³/mol. The first kappa shape index (κ1) is 17.6. The van der Waals surface area contributed by atoms with Crippen molar-refractivity contribution < 1.29 is 8.78 Å². The molecular weight excluding hydrogens is 330 g/mol. The van der Waals surface area contributed by atoms with E-state index < -0.39 is 11.6 Å². The summed E-state index contributed by atoms with van der Waals surface area (Å²) in [6.07, 6.45) is 1.41. The van der Waals surface area contributed by atoms with E-state index in [1.54, 1.807) is 12.1 Å². The van der Waals surface area contributed by atoms with Crippen molar-refractivity contribution >= 4 is 10.2 Å². The topological polar surface area (TPSA) is 0 Å². The molecule has 0 aliphatic heterocycles. The maximum atomic E-state index is 14.5. The summed E-state index contributed by atoms with van der Waals surface area (Å²) < 4.78 is 29.0. The van der Waals surface area contributed by atoms with Crippen LogP contribution in [0.3, 0.4) is 0 Å². The Labute approximate surface area is 151 Å². The van der Waals surface area contributed by atoms with Crippen LogP contribution < -0.4 is 0 Å². The molecule has 3 aromatic carbocycles. The van der Waals surface area contributed by atoms with Gasteiger partial charge >= 0.3 is 0 Å². The minimum absolute atomic E-state index is 0.0558. The summed E-state index contributed by atoms with van der Waals surface area (Å²) in [5, 5.41) is 0. The number of halogens is 2. The first-order valence-corrected chi connectivity index (χ1v) is 10.1. The van der Waals surface area contributed by atoms with E-state index in [1.165, 1.54) is 23.3 Å². The van der Waals surface area contributed by atoms with Crippen LogP contribution in [0.2, 0.25) is 0 Å². The molecule has 0 amide bonds. The molecule has 0 unspecified atom stereocenters.